The van der Waals surface area contributed by atoms with Crippen LogP contribution in [0.25, 0.3) is 0 Å². The van der Waals surface area contributed by atoms with Gasteiger partial charge in [-0.1, -0.05) is 5.16 Å². The molecule has 27 heavy (non-hydrogen) atoms. The van der Waals surface area contributed by atoms with Gasteiger partial charge in [-0.15, -0.1) is 10.2 Å². The number of nitrogens with one attached hydrogen (secondary N) is 2. The maximum Gasteiger partial charge on any atom is 0.263 e. The third kappa shape index (κ3) is 4.17. The molecule has 0 spiro atoms. The molecule has 3 aromatic rings. The van der Waals surface area contributed by atoms with E-state index < -0.39 is 10.0 Å². The molecular formula is C17H19N5O4S. The second kappa shape index (κ2) is 7.23. The molecule has 0 amide bonds. The topological polar surface area (TPSA) is 119 Å². The Balaban J connectivity index is 1.79. The summed E-state index contributed by atoms with van der Waals surface area (Å²) in [6.45, 7) is 5.25. The third-order valence-electron chi connectivity index (χ3n) is 3.77. The molecule has 9 nitrogen and oxygen atoms in total. The Morgan fingerprint density at radius 2 is 1.67 bits per heavy atom. The monoisotopic (exact) mass is 389 g/mol. The number of ether oxygens (including phenoxy) is 1. The number of benzene rings is 1. The molecule has 0 unspecified atom stereocenters. The second-order valence-corrected chi connectivity index (χ2v) is 7.60. The van der Waals surface area contributed by atoms with Crippen LogP contribution in [0.5, 0.6) is 5.75 Å². The van der Waals surface area contributed by atoms with Crippen LogP contribution in [0.15, 0.2) is 39.8 Å². The van der Waals surface area contributed by atoms with Gasteiger partial charge in [-0.25, -0.2) is 8.42 Å². The highest BCUT2D eigenvalue weighted by Gasteiger charge is 2.19. The Morgan fingerprint density at radius 1 is 0.963 bits per heavy atom. The van der Waals surface area contributed by atoms with Crippen molar-refractivity contribution < 1.29 is 17.7 Å². The first-order chi connectivity index (χ1) is 12.8. The largest absolute Gasteiger partial charge is 0.496 e. The summed E-state index contributed by atoms with van der Waals surface area (Å²) >= 11 is 0. The summed E-state index contributed by atoms with van der Waals surface area (Å²) in [5.41, 5.74) is 1.29. The molecule has 2 heterocycles. The van der Waals surface area contributed by atoms with E-state index in [1.807, 2.05) is 0 Å². The summed E-state index contributed by atoms with van der Waals surface area (Å²) in [5.74, 6) is 2.27. The number of rotatable bonds is 6. The highest BCUT2D eigenvalue weighted by molar-refractivity contribution is 7.92. The van der Waals surface area contributed by atoms with E-state index in [0.29, 0.717) is 28.7 Å². The lowest BCUT2D eigenvalue weighted by molar-refractivity contribution is 0.400. The molecule has 0 saturated carbocycles. The molecule has 2 N–H and O–H groups in total. The van der Waals surface area contributed by atoms with Crippen molar-refractivity contribution in [3.05, 3.63) is 47.2 Å². The van der Waals surface area contributed by atoms with Crippen LogP contribution in [0.2, 0.25) is 0 Å². The molecule has 0 aliphatic carbocycles. The van der Waals surface area contributed by atoms with E-state index in [4.69, 9.17) is 9.26 Å². The molecule has 0 aliphatic heterocycles. The van der Waals surface area contributed by atoms with Gasteiger partial charge in [0.15, 0.2) is 17.5 Å². The molecular weight excluding hydrogens is 370 g/mol. The maximum absolute atomic E-state index is 12.7. The lowest BCUT2D eigenvalue weighted by Crippen LogP contribution is -2.16. The van der Waals surface area contributed by atoms with E-state index >= 15 is 0 Å². The van der Waals surface area contributed by atoms with Crippen molar-refractivity contribution in [3.63, 3.8) is 0 Å². The first-order valence-electron chi connectivity index (χ1n) is 8.00. The Hall–Kier alpha value is -3.14. The normalized spacial score (nSPS) is 11.3. The molecule has 142 valence electrons. The van der Waals surface area contributed by atoms with Gasteiger partial charge in [0, 0.05) is 6.07 Å². The summed E-state index contributed by atoms with van der Waals surface area (Å²) in [7, 11) is -2.27. The summed E-state index contributed by atoms with van der Waals surface area (Å²) in [4.78, 5) is 0.155. The third-order valence-corrected chi connectivity index (χ3v) is 5.27. The van der Waals surface area contributed by atoms with Crippen molar-refractivity contribution in [2.45, 2.75) is 25.7 Å². The van der Waals surface area contributed by atoms with Gasteiger partial charge in [-0.2, -0.15) is 0 Å². The van der Waals surface area contributed by atoms with E-state index in [1.54, 1.807) is 52.1 Å². The van der Waals surface area contributed by atoms with Crippen LogP contribution in [0, 0.1) is 20.8 Å². The number of aryl methyl sites for hydroxylation is 3. The highest BCUT2D eigenvalue weighted by atomic mass is 32.2. The molecule has 0 bridgehead atoms. The summed E-state index contributed by atoms with van der Waals surface area (Å²) in [6.07, 6.45) is 0. The van der Waals surface area contributed by atoms with E-state index in [1.165, 1.54) is 6.07 Å². The SMILES string of the molecule is COc1cc(C)c(S(=O)(=O)Nc2ccc(Nc3cc(C)on3)nn2)cc1C. The Bertz CT molecular complexity index is 1060. The number of nitrogens with zero attached hydrogens (tertiary/aromatic N) is 3. The van der Waals surface area contributed by atoms with Crippen LogP contribution >= 0.6 is 0 Å². The second-order valence-electron chi connectivity index (χ2n) is 5.94. The average molecular weight is 389 g/mol. The molecule has 0 atom stereocenters. The Morgan fingerprint density at radius 3 is 2.26 bits per heavy atom. The van der Waals surface area contributed by atoms with E-state index in [-0.39, 0.29) is 10.7 Å². The fourth-order valence-electron chi connectivity index (χ4n) is 2.48. The quantitative estimate of drug-likeness (QED) is 0.660. The number of anilines is 3. The molecule has 10 heteroatoms. The van der Waals surface area contributed by atoms with Gasteiger partial charge in [-0.3, -0.25) is 4.72 Å². The molecule has 0 aliphatic rings. The smallest absolute Gasteiger partial charge is 0.263 e. The Kier molecular flexibility index (Phi) is 5.00. The van der Waals surface area contributed by atoms with Gasteiger partial charge < -0.3 is 14.6 Å². The highest BCUT2D eigenvalue weighted by Crippen LogP contribution is 2.26. The predicted octanol–water partition coefficient (Wildman–Crippen LogP) is 2.94. The van der Waals surface area contributed by atoms with E-state index in [2.05, 4.69) is 25.4 Å². The van der Waals surface area contributed by atoms with Crippen LogP contribution in [0.1, 0.15) is 16.9 Å². The van der Waals surface area contributed by atoms with Gasteiger partial charge in [0.1, 0.15) is 11.5 Å². The molecule has 0 radical (unpaired) electrons. The van der Waals surface area contributed by atoms with Crippen molar-refractivity contribution in [1.82, 2.24) is 15.4 Å². The van der Waals surface area contributed by atoms with Gasteiger partial charge in [-0.05, 0) is 56.2 Å². The van der Waals surface area contributed by atoms with Crippen molar-refractivity contribution in [3.8, 4) is 5.75 Å². The van der Waals surface area contributed by atoms with E-state index in [0.717, 1.165) is 5.56 Å². The summed E-state index contributed by atoms with van der Waals surface area (Å²) < 4.78 is 38.0. The first kappa shape index (κ1) is 18.6. The van der Waals surface area contributed by atoms with Crippen LogP contribution in [-0.4, -0.2) is 30.9 Å². The van der Waals surface area contributed by atoms with Crippen LogP contribution in [0.3, 0.4) is 0 Å². The minimum Gasteiger partial charge on any atom is -0.496 e. The zero-order valence-corrected chi connectivity index (χ0v) is 16.1. The summed E-state index contributed by atoms with van der Waals surface area (Å²) in [6, 6.07) is 8.04. The van der Waals surface area contributed by atoms with Crippen LogP contribution < -0.4 is 14.8 Å². The molecule has 2 aromatic heterocycles. The lowest BCUT2D eigenvalue weighted by atomic mass is 10.1. The molecule has 3 rings (SSSR count). The van der Waals surface area contributed by atoms with Gasteiger partial charge in [0.2, 0.25) is 0 Å². The average Bonchev–Trinajstić information content (AvgIpc) is 3.02. The predicted molar refractivity (Wildman–Crippen MR) is 99.8 cm³/mol. The number of hydrogen-bond acceptors (Lipinski definition) is 8. The number of hydrogen-bond donors (Lipinski definition) is 2. The first-order valence-corrected chi connectivity index (χ1v) is 9.49. The summed E-state index contributed by atoms with van der Waals surface area (Å²) in [5, 5.41) is 14.5. The van der Waals surface area contributed by atoms with Gasteiger partial charge in [0.05, 0.1) is 12.0 Å². The number of aromatic nitrogens is 3. The van der Waals surface area contributed by atoms with Crippen molar-refractivity contribution >= 4 is 27.5 Å². The van der Waals surface area contributed by atoms with Crippen molar-refractivity contribution in [2.24, 2.45) is 0 Å². The minimum absolute atomic E-state index is 0.102. The molecule has 0 fully saturated rings. The Labute approximate surface area is 156 Å². The van der Waals surface area contributed by atoms with E-state index in [9.17, 15) is 8.42 Å². The zero-order chi connectivity index (χ0) is 19.6. The molecule has 1 aromatic carbocycles. The lowest BCUT2D eigenvalue weighted by Gasteiger charge is -2.13. The van der Waals surface area contributed by atoms with Crippen LogP contribution in [-0.2, 0) is 10.0 Å². The molecule has 0 saturated heterocycles. The number of methoxy groups -OCH3 is 1. The zero-order valence-electron chi connectivity index (χ0n) is 15.3. The van der Waals surface area contributed by atoms with Gasteiger partial charge >= 0.3 is 0 Å². The standard InChI is InChI=1S/C17H19N5O4S/c1-10-8-14(11(2)7-13(10)25-4)27(23,24)22-16-6-5-15(19-20-16)18-17-9-12(3)26-21-17/h5-9H,1-4H3,(H,20,22)(H,18,19,21). The fraction of sp³-hybridized carbons (Fsp3) is 0.235. The van der Waals surface area contributed by atoms with Crippen LogP contribution in [0.4, 0.5) is 17.5 Å². The minimum atomic E-state index is -3.82. The van der Waals surface area contributed by atoms with Gasteiger partial charge in [0.25, 0.3) is 10.0 Å². The fourth-order valence-corrected chi connectivity index (χ4v) is 3.78. The van der Waals surface area contributed by atoms with Crippen molar-refractivity contribution in [2.75, 3.05) is 17.1 Å². The maximum atomic E-state index is 12.7. The van der Waals surface area contributed by atoms with Crippen molar-refractivity contribution in [1.29, 1.82) is 0 Å². The number of sulfonamides is 1.